The van der Waals surface area contributed by atoms with Crippen LogP contribution in [-0.2, 0) is 18.0 Å². The lowest BCUT2D eigenvalue weighted by Crippen LogP contribution is -2.21. The predicted molar refractivity (Wildman–Crippen MR) is 127 cm³/mol. The van der Waals surface area contributed by atoms with Crippen LogP contribution in [0, 0.1) is 6.92 Å². The fraction of sp³-hybridized carbons (Fsp3) is 0.364. The largest absolute Gasteiger partial charge is 0.470 e. The molecule has 4 heterocycles. The van der Waals surface area contributed by atoms with Crippen LogP contribution in [0.25, 0.3) is 27.9 Å². The van der Waals surface area contributed by atoms with Gasteiger partial charge < -0.3 is 14.0 Å². The Kier molecular flexibility index (Phi) is 5.83. The lowest BCUT2D eigenvalue weighted by molar-refractivity contribution is 0.128. The summed E-state index contributed by atoms with van der Waals surface area (Å²) >= 11 is 0. The number of ether oxygens (including phenoxy) is 2. The molecule has 5 aromatic rings. The summed E-state index contributed by atoms with van der Waals surface area (Å²) in [4.78, 5) is 0. The van der Waals surface area contributed by atoms with E-state index in [1.807, 2.05) is 31.2 Å². The van der Waals surface area contributed by atoms with E-state index in [0.717, 1.165) is 22.5 Å². The number of aromatic nitrogens is 8. The molecule has 0 aliphatic rings. The number of hydrogen-bond acceptors (Lipinski definition) is 9. The van der Waals surface area contributed by atoms with Gasteiger partial charge in [0, 0.05) is 31.5 Å². The molecule has 0 saturated heterocycles. The second-order valence-electron chi connectivity index (χ2n) is 9.30. The number of fused-ring (bicyclic) bond motifs is 3. The van der Waals surface area contributed by atoms with Crippen LogP contribution in [0.15, 0.2) is 34.9 Å². The molecule has 34 heavy (non-hydrogen) atoms. The van der Waals surface area contributed by atoms with E-state index in [1.165, 1.54) is 0 Å². The number of aromatic amines is 1. The van der Waals surface area contributed by atoms with Gasteiger partial charge in [-0.25, -0.2) is 0 Å². The van der Waals surface area contributed by atoms with Gasteiger partial charge >= 0.3 is 0 Å². The van der Waals surface area contributed by atoms with Gasteiger partial charge in [-0.1, -0.05) is 43.0 Å². The minimum atomic E-state index is -1.15. The molecular formula is C22H26N8O3Si. The molecule has 1 aromatic carbocycles. The van der Waals surface area contributed by atoms with E-state index >= 15 is 0 Å². The predicted octanol–water partition coefficient (Wildman–Crippen LogP) is 3.79. The molecule has 5 rings (SSSR count). The summed E-state index contributed by atoms with van der Waals surface area (Å²) in [5, 5.41) is 30.2. The van der Waals surface area contributed by atoms with Crippen LogP contribution >= 0.6 is 0 Å². The van der Waals surface area contributed by atoms with Crippen molar-refractivity contribution in [2.24, 2.45) is 0 Å². The van der Waals surface area contributed by atoms with Crippen LogP contribution in [0.4, 0.5) is 0 Å². The molecule has 0 amide bonds. The summed E-state index contributed by atoms with van der Waals surface area (Å²) in [6.07, 6.45) is 0. The number of nitrogens with zero attached hydrogens (tertiary/aromatic N) is 7. The van der Waals surface area contributed by atoms with E-state index in [1.54, 1.807) is 10.6 Å². The number of rotatable bonds is 9. The highest BCUT2D eigenvalue weighted by Crippen LogP contribution is 2.29. The number of hydrogen-bond donors (Lipinski definition) is 1. The standard InChI is InChI=1S/C22H26N8O3Si/c1-14-11-17(28-33-14)21-26-25-20-15-7-5-6-8-16(15)22(27-30(20)21)32-13-19-18(23-29-24-19)12-31-9-10-34(2,3)4/h5-8,11H,9-10,12-13H2,1-4H3,(H,23,24,29). The summed E-state index contributed by atoms with van der Waals surface area (Å²) in [6.45, 7) is 10.1. The minimum Gasteiger partial charge on any atom is -0.470 e. The summed E-state index contributed by atoms with van der Waals surface area (Å²) in [6, 6.07) is 10.7. The fourth-order valence-electron chi connectivity index (χ4n) is 3.48. The second-order valence-corrected chi connectivity index (χ2v) is 14.9. The Balaban J connectivity index is 1.41. The minimum absolute atomic E-state index is 0.187. The van der Waals surface area contributed by atoms with Crippen LogP contribution in [0.5, 0.6) is 5.88 Å². The second kappa shape index (κ2) is 8.95. The zero-order valence-electron chi connectivity index (χ0n) is 19.6. The molecule has 0 unspecified atom stereocenters. The SMILES string of the molecule is Cc1cc(-c2nnc3c4ccccc4c(OCc4n[nH]nc4COCC[Si](C)(C)C)nn23)no1. The summed E-state index contributed by atoms with van der Waals surface area (Å²) in [5.41, 5.74) is 2.56. The Morgan fingerprint density at radius 2 is 1.79 bits per heavy atom. The van der Waals surface area contributed by atoms with Gasteiger partial charge in [0.25, 0.3) is 0 Å². The highest BCUT2D eigenvalue weighted by atomic mass is 28.3. The van der Waals surface area contributed by atoms with Crippen molar-refractivity contribution < 1.29 is 14.0 Å². The fourth-order valence-corrected chi connectivity index (χ4v) is 4.24. The Labute approximate surface area is 196 Å². The molecule has 11 nitrogen and oxygen atoms in total. The van der Waals surface area contributed by atoms with Crippen molar-refractivity contribution in [1.82, 2.24) is 40.4 Å². The number of benzene rings is 1. The monoisotopic (exact) mass is 478 g/mol. The Morgan fingerprint density at radius 1 is 1.03 bits per heavy atom. The zero-order valence-corrected chi connectivity index (χ0v) is 20.6. The third-order valence-corrected chi connectivity index (χ3v) is 7.07. The van der Waals surface area contributed by atoms with Gasteiger partial charge in [-0.15, -0.1) is 15.3 Å². The van der Waals surface area contributed by atoms with Crippen molar-refractivity contribution >= 4 is 24.5 Å². The van der Waals surface area contributed by atoms with Crippen LogP contribution < -0.4 is 4.74 Å². The van der Waals surface area contributed by atoms with Crippen LogP contribution in [0.1, 0.15) is 17.1 Å². The number of H-pyrrole nitrogens is 1. The molecule has 0 fully saturated rings. The van der Waals surface area contributed by atoms with Gasteiger partial charge in [0.15, 0.2) is 11.3 Å². The highest BCUT2D eigenvalue weighted by molar-refractivity contribution is 6.76. The van der Waals surface area contributed by atoms with Crippen molar-refractivity contribution in [3.63, 3.8) is 0 Å². The van der Waals surface area contributed by atoms with Gasteiger partial charge in [-0.05, 0) is 19.0 Å². The smallest absolute Gasteiger partial charge is 0.240 e. The van der Waals surface area contributed by atoms with Crippen molar-refractivity contribution in [3.8, 4) is 17.4 Å². The van der Waals surface area contributed by atoms with Gasteiger partial charge in [-0.2, -0.15) is 19.9 Å². The van der Waals surface area contributed by atoms with Crippen LogP contribution in [-0.4, -0.2) is 55.1 Å². The first-order chi connectivity index (χ1) is 16.4. The molecule has 1 N–H and O–H groups in total. The molecule has 12 heteroatoms. The lowest BCUT2D eigenvalue weighted by atomic mass is 10.2. The third-order valence-electron chi connectivity index (χ3n) is 5.37. The van der Waals surface area contributed by atoms with E-state index in [-0.39, 0.29) is 6.61 Å². The summed E-state index contributed by atoms with van der Waals surface area (Å²) in [5.74, 6) is 1.58. The molecule has 0 bridgehead atoms. The van der Waals surface area contributed by atoms with E-state index in [0.29, 0.717) is 47.7 Å². The molecule has 0 saturated carbocycles. The molecule has 0 atom stereocenters. The Bertz CT molecular complexity index is 1440. The Hall–Kier alpha value is -3.64. The molecule has 4 aromatic heterocycles. The van der Waals surface area contributed by atoms with Gasteiger partial charge in [-0.3, -0.25) is 0 Å². The summed E-state index contributed by atoms with van der Waals surface area (Å²) < 4.78 is 18.8. The summed E-state index contributed by atoms with van der Waals surface area (Å²) in [7, 11) is -1.15. The van der Waals surface area contributed by atoms with Crippen molar-refractivity contribution in [2.75, 3.05) is 6.61 Å². The quantitative estimate of drug-likeness (QED) is 0.248. The van der Waals surface area contributed by atoms with E-state index in [4.69, 9.17) is 14.0 Å². The Morgan fingerprint density at radius 3 is 2.53 bits per heavy atom. The van der Waals surface area contributed by atoms with Gasteiger partial charge in [0.05, 0.1) is 6.61 Å². The van der Waals surface area contributed by atoms with Gasteiger partial charge in [0.1, 0.15) is 23.8 Å². The zero-order chi connectivity index (χ0) is 23.7. The van der Waals surface area contributed by atoms with Crippen LogP contribution in [0.3, 0.4) is 0 Å². The average Bonchev–Trinajstić information content (AvgIpc) is 3.54. The molecule has 176 valence electrons. The first kappa shape index (κ1) is 22.2. The van der Waals surface area contributed by atoms with Crippen molar-refractivity contribution in [3.05, 3.63) is 47.5 Å². The third kappa shape index (κ3) is 4.54. The molecule has 0 radical (unpaired) electrons. The maximum Gasteiger partial charge on any atom is 0.240 e. The van der Waals surface area contributed by atoms with Crippen molar-refractivity contribution in [2.45, 2.75) is 45.8 Å². The highest BCUT2D eigenvalue weighted by Gasteiger charge is 2.19. The molecule has 0 aliphatic heterocycles. The van der Waals surface area contributed by atoms with Crippen LogP contribution in [0.2, 0.25) is 25.7 Å². The first-order valence-corrected chi connectivity index (χ1v) is 14.8. The number of aryl methyl sites for hydroxylation is 1. The maximum atomic E-state index is 6.14. The first-order valence-electron chi connectivity index (χ1n) is 11.1. The molecule has 0 aliphatic carbocycles. The van der Waals surface area contributed by atoms with E-state index in [9.17, 15) is 0 Å². The number of nitrogens with one attached hydrogen (secondary N) is 1. The molecule has 0 spiro atoms. The average molecular weight is 479 g/mol. The van der Waals surface area contributed by atoms with E-state index in [2.05, 4.69) is 55.5 Å². The topological polar surface area (TPSA) is 129 Å². The maximum absolute atomic E-state index is 6.14. The van der Waals surface area contributed by atoms with Crippen molar-refractivity contribution in [1.29, 1.82) is 0 Å². The lowest BCUT2D eigenvalue weighted by Gasteiger charge is -2.15. The normalized spacial score (nSPS) is 12.1. The molecular weight excluding hydrogens is 452 g/mol. The van der Waals surface area contributed by atoms with E-state index < -0.39 is 8.07 Å². The van der Waals surface area contributed by atoms with Gasteiger partial charge in [0.2, 0.25) is 11.7 Å².